The molecule has 0 aliphatic heterocycles. The van der Waals surface area contributed by atoms with Gasteiger partial charge in [0.25, 0.3) is 5.91 Å². The average molecular weight is 420 g/mol. The first-order chi connectivity index (χ1) is 10.3. The van der Waals surface area contributed by atoms with Crippen molar-refractivity contribution in [3.8, 4) is 0 Å². The van der Waals surface area contributed by atoms with Gasteiger partial charge < -0.3 is 8.85 Å². The van der Waals surface area contributed by atoms with Crippen LogP contribution < -0.4 is 8.85 Å². The second kappa shape index (κ2) is 6.55. The van der Waals surface area contributed by atoms with E-state index in [4.69, 9.17) is 0 Å². The number of halogens is 4. The van der Waals surface area contributed by atoms with Gasteiger partial charge in [0.2, 0.25) is 0 Å². The molecule has 2 aromatic rings. The van der Waals surface area contributed by atoms with Crippen molar-refractivity contribution in [2.45, 2.75) is 13.1 Å². The minimum Gasteiger partial charge on any atom is -0.328 e. The second-order valence-corrected chi connectivity index (χ2v) is 5.20. The Balaban J connectivity index is 2.22. The first-order valence-corrected chi connectivity index (χ1v) is 7.35. The number of alkyl halides is 3. The fourth-order valence-electron chi connectivity index (χ4n) is 1.84. The number of rotatable bonds is 3. The van der Waals surface area contributed by atoms with E-state index in [1.165, 1.54) is 12.1 Å². The van der Waals surface area contributed by atoms with E-state index in [1.807, 2.05) is 29.8 Å². The lowest BCUT2D eigenvalue weighted by molar-refractivity contribution is -0.137. The molecule has 0 spiro atoms. The van der Waals surface area contributed by atoms with Gasteiger partial charge in [-0.2, -0.15) is 13.2 Å². The molecular formula is C15H12F3IN2O. The van der Waals surface area contributed by atoms with E-state index in [9.17, 15) is 18.0 Å². The van der Waals surface area contributed by atoms with E-state index in [2.05, 4.69) is 8.85 Å². The highest BCUT2D eigenvalue weighted by Gasteiger charge is 2.30. The topological polar surface area (TPSA) is 41.1 Å². The van der Waals surface area contributed by atoms with Gasteiger partial charge in [0.15, 0.2) is 0 Å². The average Bonchev–Trinajstić information content (AvgIpc) is 2.47. The number of aryl methyl sites for hydroxylation is 1. The number of benzene rings is 2. The Hall–Kier alpha value is -1.77. The van der Waals surface area contributed by atoms with Crippen LogP contribution in [-0.4, -0.2) is 5.91 Å². The first-order valence-electron chi connectivity index (χ1n) is 6.27. The lowest BCUT2D eigenvalue weighted by atomic mass is 10.1. The molecule has 7 heteroatoms. The molecule has 2 aromatic carbocycles. The van der Waals surface area contributed by atoms with Crippen molar-refractivity contribution in [1.82, 2.24) is 0 Å². The van der Waals surface area contributed by atoms with Crippen LogP contribution in [0.3, 0.4) is 0 Å². The maximum Gasteiger partial charge on any atom is 0.416 e. The fraction of sp³-hybridized carbons (Fsp3) is 0.133. The third-order valence-electron chi connectivity index (χ3n) is 3.05. The number of hydrogen-bond acceptors (Lipinski definition) is 2. The molecule has 0 atom stereocenters. The summed E-state index contributed by atoms with van der Waals surface area (Å²) in [4.78, 5) is 12.1. The number of carbonyl (C=O) groups excluding carboxylic acids is 1. The highest BCUT2D eigenvalue weighted by molar-refractivity contribution is 14.1. The monoisotopic (exact) mass is 420 g/mol. The highest BCUT2D eigenvalue weighted by Crippen LogP contribution is 2.30. The zero-order valence-corrected chi connectivity index (χ0v) is 13.6. The van der Waals surface area contributed by atoms with Gasteiger partial charge in [-0.15, -0.1) is 0 Å². The van der Waals surface area contributed by atoms with Gasteiger partial charge in [0, 0.05) is 16.9 Å². The van der Waals surface area contributed by atoms with Gasteiger partial charge in [0.05, 0.1) is 28.4 Å². The summed E-state index contributed by atoms with van der Waals surface area (Å²) in [5, 5.41) is 2.47. The van der Waals surface area contributed by atoms with Gasteiger partial charge in [-0.3, -0.25) is 4.79 Å². The lowest BCUT2D eigenvalue weighted by Gasteiger charge is -2.11. The third kappa shape index (κ3) is 3.90. The summed E-state index contributed by atoms with van der Waals surface area (Å²) in [5.41, 5.74) is 1.40. The number of carbonyl (C=O) groups is 1. The van der Waals surface area contributed by atoms with Crippen molar-refractivity contribution < 1.29 is 18.0 Å². The molecule has 22 heavy (non-hydrogen) atoms. The van der Waals surface area contributed by atoms with E-state index in [-0.39, 0.29) is 5.69 Å². The summed E-state index contributed by atoms with van der Waals surface area (Å²) in [7, 11) is 0. The molecular weight excluding hydrogens is 408 g/mol. The minimum absolute atomic E-state index is 0.101. The standard InChI is InChI=1S/C15H12F3IN2O/c1-9-5-6-10(7-13(9)21-19)14(22)20-12-4-2-3-11(8-12)15(16,17)18/h2-8,21H,1H3,(H,20,22). The van der Waals surface area contributed by atoms with Gasteiger partial charge in [-0.25, -0.2) is 0 Å². The Morgan fingerprint density at radius 3 is 2.50 bits per heavy atom. The molecule has 0 saturated heterocycles. The molecule has 1 amide bonds. The minimum atomic E-state index is -4.44. The van der Waals surface area contributed by atoms with Crippen molar-refractivity contribution >= 4 is 40.1 Å². The molecule has 0 radical (unpaired) electrons. The van der Waals surface area contributed by atoms with Crippen LogP contribution >= 0.6 is 22.9 Å². The Morgan fingerprint density at radius 2 is 1.86 bits per heavy atom. The molecule has 2 N–H and O–H groups in total. The van der Waals surface area contributed by atoms with Crippen LogP contribution in [0.5, 0.6) is 0 Å². The van der Waals surface area contributed by atoms with Crippen LogP contribution in [-0.2, 0) is 6.18 Å². The Bertz CT molecular complexity index is 701. The molecule has 0 aromatic heterocycles. The number of hydrogen-bond donors (Lipinski definition) is 2. The van der Waals surface area contributed by atoms with Crippen LogP contribution in [0.1, 0.15) is 21.5 Å². The number of amides is 1. The Morgan fingerprint density at radius 1 is 1.14 bits per heavy atom. The summed E-state index contributed by atoms with van der Waals surface area (Å²) in [6.45, 7) is 1.88. The summed E-state index contributed by atoms with van der Waals surface area (Å²) < 4.78 is 40.9. The van der Waals surface area contributed by atoms with E-state index < -0.39 is 17.6 Å². The highest BCUT2D eigenvalue weighted by atomic mass is 127. The van der Waals surface area contributed by atoms with E-state index in [0.717, 1.165) is 23.4 Å². The third-order valence-corrected chi connectivity index (χ3v) is 3.63. The summed E-state index contributed by atoms with van der Waals surface area (Å²) in [6, 6.07) is 9.57. The Kier molecular flexibility index (Phi) is 4.94. The number of nitrogens with one attached hydrogen (secondary N) is 2. The van der Waals surface area contributed by atoms with Crippen molar-refractivity contribution in [1.29, 1.82) is 0 Å². The van der Waals surface area contributed by atoms with Crippen LogP contribution in [0.15, 0.2) is 42.5 Å². The van der Waals surface area contributed by atoms with Crippen LogP contribution in [0, 0.1) is 6.92 Å². The summed E-state index contributed by atoms with van der Waals surface area (Å²) in [5.74, 6) is -0.466. The van der Waals surface area contributed by atoms with Crippen LogP contribution in [0.2, 0.25) is 0 Å². The van der Waals surface area contributed by atoms with E-state index >= 15 is 0 Å². The molecule has 116 valence electrons. The quantitative estimate of drug-likeness (QED) is 0.541. The first kappa shape index (κ1) is 16.6. The zero-order chi connectivity index (χ0) is 16.3. The molecule has 3 nitrogen and oxygen atoms in total. The van der Waals surface area contributed by atoms with E-state index in [0.29, 0.717) is 5.56 Å². The predicted molar refractivity (Wildman–Crippen MR) is 88.2 cm³/mol. The van der Waals surface area contributed by atoms with Crippen molar-refractivity contribution in [2.24, 2.45) is 0 Å². The van der Waals surface area contributed by atoms with Crippen LogP contribution in [0.4, 0.5) is 24.5 Å². The van der Waals surface area contributed by atoms with Crippen molar-refractivity contribution in [2.75, 3.05) is 8.85 Å². The molecule has 0 bridgehead atoms. The number of anilines is 2. The smallest absolute Gasteiger partial charge is 0.328 e. The summed E-state index contributed by atoms with van der Waals surface area (Å²) >= 11 is 1.95. The summed E-state index contributed by atoms with van der Waals surface area (Å²) in [6.07, 6.45) is -4.44. The predicted octanol–water partition coefficient (Wildman–Crippen LogP) is 5.03. The maximum atomic E-state index is 12.6. The van der Waals surface area contributed by atoms with Gasteiger partial charge in [0.1, 0.15) is 0 Å². The largest absolute Gasteiger partial charge is 0.416 e. The van der Waals surface area contributed by atoms with Gasteiger partial charge in [-0.05, 0) is 42.8 Å². The molecule has 0 heterocycles. The molecule has 0 fully saturated rings. The lowest BCUT2D eigenvalue weighted by Crippen LogP contribution is -2.13. The fourth-order valence-corrected chi connectivity index (χ4v) is 2.42. The molecule has 0 unspecified atom stereocenters. The normalized spacial score (nSPS) is 11.1. The Labute approximate surface area is 139 Å². The molecule has 2 rings (SSSR count). The van der Waals surface area contributed by atoms with Gasteiger partial charge in [-0.1, -0.05) is 12.1 Å². The van der Waals surface area contributed by atoms with Gasteiger partial charge >= 0.3 is 6.18 Å². The van der Waals surface area contributed by atoms with Crippen molar-refractivity contribution in [3.63, 3.8) is 0 Å². The molecule has 0 aliphatic rings. The second-order valence-electron chi connectivity index (χ2n) is 4.66. The molecule has 0 aliphatic carbocycles. The molecule has 0 saturated carbocycles. The van der Waals surface area contributed by atoms with Crippen molar-refractivity contribution in [3.05, 3.63) is 59.2 Å². The van der Waals surface area contributed by atoms with E-state index in [1.54, 1.807) is 18.2 Å². The zero-order valence-electron chi connectivity index (χ0n) is 11.5. The maximum absolute atomic E-state index is 12.6. The van der Waals surface area contributed by atoms with Crippen LogP contribution in [0.25, 0.3) is 0 Å². The SMILES string of the molecule is Cc1ccc(C(=O)Nc2cccc(C(F)(F)F)c2)cc1NI.